The highest BCUT2D eigenvalue weighted by atomic mass is 16.5. The molecule has 132 valence electrons. The van der Waals surface area contributed by atoms with E-state index in [2.05, 4.69) is 10.4 Å². The van der Waals surface area contributed by atoms with Gasteiger partial charge in [-0.2, -0.15) is 5.10 Å². The fraction of sp³-hybridized carbons (Fsp3) is 0.389. The van der Waals surface area contributed by atoms with Crippen LogP contribution in [0.3, 0.4) is 0 Å². The maximum absolute atomic E-state index is 12.4. The number of carbonyl (C=O) groups is 2. The molecule has 3 rings (SSSR count). The maximum Gasteiger partial charge on any atom is 0.409 e. The Morgan fingerprint density at radius 2 is 1.96 bits per heavy atom. The van der Waals surface area contributed by atoms with Crippen LogP contribution >= 0.6 is 0 Å². The lowest BCUT2D eigenvalue weighted by atomic mass is 10.1. The number of hydrogen-bond donors (Lipinski definition) is 1. The molecule has 0 radical (unpaired) electrons. The molecule has 0 aliphatic carbocycles. The predicted molar refractivity (Wildman–Crippen MR) is 92.2 cm³/mol. The van der Waals surface area contributed by atoms with E-state index in [-0.39, 0.29) is 18.0 Å². The van der Waals surface area contributed by atoms with Crippen LogP contribution in [-0.4, -0.2) is 52.9 Å². The summed E-state index contributed by atoms with van der Waals surface area (Å²) in [5.74, 6) is -0.129. The van der Waals surface area contributed by atoms with Gasteiger partial charge in [0.05, 0.1) is 25.4 Å². The van der Waals surface area contributed by atoms with E-state index in [0.717, 1.165) is 18.4 Å². The van der Waals surface area contributed by atoms with Crippen LogP contribution in [0, 0.1) is 0 Å². The van der Waals surface area contributed by atoms with Crippen LogP contribution in [0.5, 0.6) is 0 Å². The van der Waals surface area contributed by atoms with E-state index in [1.165, 1.54) is 7.11 Å². The lowest BCUT2D eigenvalue weighted by molar-refractivity contribution is 0.0892. The molecule has 0 bridgehead atoms. The molecule has 0 saturated carbocycles. The Bertz CT molecular complexity index is 721. The van der Waals surface area contributed by atoms with Gasteiger partial charge >= 0.3 is 6.09 Å². The van der Waals surface area contributed by atoms with Gasteiger partial charge < -0.3 is 15.0 Å². The smallest absolute Gasteiger partial charge is 0.409 e. The van der Waals surface area contributed by atoms with E-state index in [1.807, 2.05) is 30.3 Å². The summed E-state index contributed by atoms with van der Waals surface area (Å²) in [5.41, 5.74) is 1.68. The van der Waals surface area contributed by atoms with Crippen molar-refractivity contribution in [1.29, 1.82) is 0 Å². The summed E-state index contributed by atoms with van der Waals surface area (Å²) in [6.07, 6.45) is 4.47. The number of rotatable bonds is 4. The molecule has 1 aromatic carbocycles. The van der Waals surface area contributed by atoms with Crippen molar-refractivity contribution in [2.24, 2.45) is 0 Å². The zero-order valence-corrected chi connectivity index (χ0v) is 14.2. The molecule has 0 atom stereocenters. The molecule has 1 aliphatic heterocycles. The SMILES string of the molecule is COC(=O)N1CCC(NC(=O)c2cnn(Cc3ccccc3)c2)CC1. The summed E-state index contributed by atoms with van der Waals surface area (Å²) in [7, 11) is 1.38. The van der Waals surface area contributed by atoms with Crippen LogP contribution in [0.1, 0.15) is 28.8 Å². The largest absolute Gasteiger partial charge is 0.453 e. The maximum atomic E-state index is 12.4. The molecule has 1 saturated heterocycles. The first kappa shape index (κ1) is 17.0. The Balaban J connectivity index is 1.52. The molecule has 0 spiro atoms. The number of nitrogens with one attached hydrogen (secondary N) is 1. The zero-order chi connectivity index (χ0) is 17.6. The van der Waals surface area contributed by atoms with Crippen molar-refractivity contribution in [1.82, 2.24) is 20.0 Å². The van der Waals surface area contributed by atoms with E-state index in [0.29, 0.717) is 25.2 Å². The van der Waals surface area contributed by atoms with Gasteiger partial charge in [0.2, 0.25) is 0 Å². The first-order chi connectivity index (χ1) is 12.2. The van der Waals surface area contributed by atoms with Gasteiger partial charge in [0.15, 0.2) is 0 Å². The summed E-state index contributed by atoms with van der Waals surface area (Å²) in [6, 6.07) is 10.0. The number of likely N-dealkylation sites (tertiary alicyclic amines) is 1. The van der Waals surface area contributed by atoms with Gasteiger partial charge in [0.1, 0.15) is 0 Å². The predicted octanol–water partition coefficient (Wildman–Crippen LogP) is 1.89. The van der Waals surface area contributed by atoms with Crippen LogP contribution < -0.4 is 5.32 Å². The van der Waals surface area contributed by atoms with Gasteiger partial charge in [-0.15, -0.1) is 0 Å². The second-order valence-corrected chi connectivity index (χ2v) is 6.12. The molecule has 7 heteroatoms. The molecule has 25 heavy (non-hydrogen) atoms. The number of piperidine rings is 1. The highest BCUT2D eigenvalue weighted by Gasteiger charge is 2.24. The van der Waals surface area contributed by atoms with Crippen LogP contribution in [0.4, 0.5) is 4.79 Å². The standard InChI is InChI=1S/C18H22N4O3/c1-25-18(24)21-9-7-16(8-10-21)20-17(23)15-11-19-22(13-15)12-14-5-3-2-4-6-14/h2-6,11,13,16H,7-10,12H2,1H3,(H,20,23). The Kier molecular flexibility index (Phi) is 5.33. The van der Waals surface area contributed by atoms with Gasteiger partial charge in [-0.3, -0.25) is 9.48 Å². The highest BCUT2D eigenvalue weighted by Crippen LogP contribution is 2.12. The fourth-order valence-electron chi connectivity index (χ4n) is 2.94. The summed E-state index contributed by atoms with van der Waals surface area (Å²) in [6.45, 7) is 1.81. The van der Waals surface area contributed by atoms with Crippen molar-refractivity contribution in [2.75, 3.05) is 20.2 Å². The molecule has 1 aromatic heterocycles. The summed E-state index contributed by atoms with van der Waals surface area (Å²) >= 11 is 0. The molecule has 1 aliphatic rings. The minimum atomic E-state index is -0.313. The van der Waals surface area contributed by atoms with Gasteiger partial charge in [0.25, 0.3) is 5.91 Å². The fourth-order valence-corrected chi connectivity index (χ4v) is 2.94. The van der Waals surface area contributed by atoms with E-state index in [1.54, 1.807) is 22.0 Å². The molecular formula is C18H22N4O3. The first-order valence-electron chi connectivity index (χ1n) is 8.36. The summed E-state index contributed by atoms with van der Waals surface area (Å²) < 4.78 is 6.47. The van der Waals surface area contributed by atoms with Crippen molar-refractivity contribution < 1.29 is 14.3 Å². The number of carbonyl (C=O) groups excluding carboxylic acids is 2. The third-order valence-electron chi connectivity index (χ3n) is 4.35. The normalized spacial score (nSPS) is 15.0. The minimum Gasteiger partial charge on any atom is -0.453 e. The second kappa shape index (κ2) is 7.83. The van der Waals surface area contributed by atoms with Crippen molar-refractivity contribution >= 4 is 12.0 Å². The van der Waals surface area contributed by atoms with Crippen molar-refractivity contribution in [3.63, 3.8) is 0 Å². The molecular weight excluding hydrogens is 320 g/mol. The lowest BCUT2D eigenvalue weighted by Gasteiger charge is -2.31. The minimum absolute atomic E-state index is 0.0610. The third kappa shape index (κ3) is 4.37. The molecule has 2 amide bonds. The Hall–Kier alpha value is -2.83. The van der Waals surface area contributed by atoms with E-state index < -0.39 is 0 Å². The second-order valence-electron chi connectivity index (χ2n) is 6.12. The molecule has 1 fully saturated rings. The lowest BCUT2D eigenvalue weighted by Crippen LogP contribution is -2.46. The first-order valence-corrected chi connectivity index (χ1v) is 8.36. The number of methoxy groups -OCH3 is 1. The Morgan fingerprint density at radius 3 is 2.64 bits per heavy atom. The van der Waals surface area contributed by atoms with Gasteiger partial charge in [-0.1, -0.05) is 30.3 Å². The Morgan fingerprint density at radius 1 is 1.24 bits per heavy atom. The van der Waals surface area contributed by atoms with Crippen LogP contribution in [0.25, 0.3) is 0 Å². The van der Waals surface area contributed by atoms with E-state index in [4.69, 9.17) is 4.74 Å². The van der Waals surface area contributed by atoms with Crippen LogP contribution in [0.15, 0.2) is 42.7 Å². The van der Waals surface area contributed by atoms with E-state index in [9.17, 15) is 9.59 Å². The van der Waals surface area contributed by atoms with Crippen molar-refractivity contribution in [2.45, 2.75) is 25.4 Å². The van der Waals surface area contributed by atoms with Gasteiger partial charge in [-0.05, 0) is 18.4 Å². The number of aromatic nitrogens is 2. The molecule has 1 N–H and O–H groups in total. The topological polar surface area (TPSA) is 76.5 Å². The third-order valence-corrected chi connectivity index (χ3v) is 4.35. The van der Waals surface area contributed by atoms with Crippen LogP contribution in [-0.2, 0) is 11.3 Å². The molecule has 7 nitrogen and oxygen atoms in total. The Labute approximate surface area is 146 Å². The quantitative estimate of drug-likeness (QED) is 0.921. The highest BCUT2D eigenvalue weighted by molar-refractivity contribution is 5.93. The van der Waals surface area contributed by atoms with E-state index >= 15 is 0 Å². The average molecular weight is 342 g/mol. The monoisotopic (exact) mass is 342 g/mol. The summed E-state index contributed by atoms with van der Waals surface area (Å²) in [5, 5.41) is 7.28. The van der Waals surface area contributed by atoms with Crippen molar-refractivity contribution in [3.8, 4) is 0 Å². The van der Waals surface area contributed by atoms with Crippen LogP contribution in [0.2, 0.25) is 0 Å². The summed E-state index contributed by atoms with van der Waals surface area (Å²) in [4.78, 5) is 25.5. The molecule has 0 unspecified atom stereocenters. The number of nitrogens with zero attached hydrogens (tertiary/aromatic N) is 3. The number of amides is 2. The van der Waals surface area contributed by atoms with Gasteiger partial charge in [-0.25, -0.2) is 4.79 Å². The number of ether oxygens (including phenoxy) is 1. The molecule has 2 heterocycles. The van der Waals surface area contributed by atoms with Gasteiger partial charge in [0, 0.05) is 25.3 Å². The number of benzene rings is 1. The molecule has 2 aromatic rings. The zero-order valence-electron chi connectivity index (χ0n) is 14.2. The van der Waals surface area contributed by atoms with Crippen molar-refractivity contribution in [3.05, 3.63) is 53.9 Å². The average Bonchev–Trinajstić information content (AvgIpc) is 3.11. The number of hydrogen-bond acceptors (Lipinski definition) is 4.